The van der Waals surface area contributed by atoms with E-state index in [-0.39, 0.29) is 0 Å². The van der Waals surface area contributed by atoms with Gasteiger partial charge in [0.05, 0.1) is 15.2 Å². The molecule has 16 heavy (non-hydrogen) atoms. The lowest BCUT2D eigenvalue weighted by Gasteiger charge is -2.01. The average Bonchev–Trinajstić information content (AvgIpc) is 2.58. The molecule has 2 N–H and O–H groups in total. The van der Waals surface area contributed by atoms with E-state index in [4.69, 9.17) is 5.73 Å². The molecule has 0 spiro atoms. The van der Waals surface area contributed by atoms with Crippen LogP contribution < -0.4 is 5.73 Å². The van der Waals surface area contributed by atoms with E-state index in [0.29, 0.717) is 6.04 Å². The van der Waals surface area contributed by atoms with E-state index in [1.807, 2.05) is 11.3 Å². The number of nitrogens with zero attached hydrogens (tertiary/aromatic N) is 1. The number of fused-ring (bicyclic) bond motifs is 1. The van der Waals surface area contributed by atoms with Crippen LogP contribution >= 0.6 is 11.3 Å². The molecule has 0 radical (unpaired) electrons. The van der Waals surface area contributed by atoms with E-state index in [9.17, 15) is 0 Å². The van der Waals surface area contributed by atoms with Gasteiger partial charge in [-0.1, -0.05) is 6.07 Å². The van der Waals surface area contributed by atoms with Gasteiger partial charge in [0.2, 0.25) is 0 Å². The molecule has 0 saturated heterocycles. The molecule has 2 rings (SSSR count). The molecule has 0 aliphatic rings. The molecular weight excluding hydrogens is 216 g/mol. The Balaban J connectivity index is 2.08. The molecular formula is C13H18N2S. The Morgan fingerprint density at radius 2 is 2.25 bits per heavy atom. The SMILES string of the molecule is Cc1ccc2nc(CCCC(C)N)sc2c1. The summed E-state index contributed by atoms with van der Waals surface area (Å²) in [6.45, 7) is 4.18. The molecule has 0 saturated carbocycles. The zero-order valence-electron chi connectivity index (χ0n) is 9.86. The fourth-order valence-corrected chi connectivity index (χ4v) is 2.87. The number of rotatable bonds is 4. The fourth-order valence-electron chi connectivity index (χ4n) is 1.76. The minimum Gasteiger partial charge on any atom is -0.328 e. The molecule has 0 aliphatic carbocycles. The van der Waals surface area contributed by atoms with E-state index >= 15 is 0 Å². The van der Waals surface area contributed by atoms with E-state index in [2.05, 4.69) is 37.0 Å². The first-order valence-corrected chi connectivity index (χ1v) is 6.58. The lowest BCUT2D eigenvalue weighted by atomic mass is 10.1. The summed E-state index contributed by atoms with van der Waals surface area (Å²) in [6, 6.07) is 6.74. The Morgan fingerprint density at radius 3 is 3.00 bits per heavy atom. The van der Waals surface area contributed by atoms with Crippen LogP contribution in [0.4, 0.5) is 0 Å². The highest BCUT2D eigenvalue weighted by atomic mass is 32.1. The van der Waals surface area contributed by atoms with Crippen LogP contribution in [0.1, 0.15) is 30.3 Å². The third kappa shape index (κ3) is 2.80. The van der Waals surface area contributed by atoms with Crippen molar-refractivity contribution >= 4 is 21.6 Å². The molecule has 2 aromatic rings. The number of aromatic nitrogens is 1. The zero-order valence-corrected chi connectivity index (χ0v) is 10.7. The third-order valence-electron chi connectivity index (χ3n) is 2.64. The van der Waals surface area contributed by atoms with Crippen molar-refractivity contribution in [3.05, 3.63) is 28.8 Å². The Kier molecular flexibility index (Phi) is 3.56. The minimum atomic E-state index is 0.302. The quantitative estimate of drug-likeness (QED) is 0.881. The second-order valence-electron chi connectivity index (χ2n) is 4.45. The molecule has 2 nitrogen and oxygen atoms in total. The molecule has 1 unspecified atom stereocenters. The maximum absolute atomic E-state index is 5.73. The summed E-state index contributed by atoms with van der Waals surface area (Å²) < 4.78 is 1.30. The summed E-state index contributed by atoms with van der Waals surface area (Å²) in [6.07, 6.45) is 3.27. The van der Waals surface area contributed by atoms with Crippen LogP contribution in [0.3, 0.4) is 0 Å². The van der Waals surface area contributed by atoms with Gasteiger partial charge in [0.15, 0.2) is 0 Å². The maximum Gasteiger partial charge on any atom is 0.0938 e. The number of hydrogen-bond donors (Lipinski definition) is 1. The van der Waals surface area contributed by atoms with Crippen LogP contribution in [0.25, 0.3) is 10.2 Å². The number of hydrogen-bond acceptors (Lipinski definition) is 3. The molecule has 0 bridgehead atoms. The van der Waals surface area contributed by atoms with Gasteiger partial charge in [-0.05, 0) is 50.8 Å². The lowest BCUT2D eigenvalue weighted by Crippen LogP contribution is -2.14. The molecule has 1 aromatic carbocycles. The molecule has 3 heteroatoms. The summed E-state index contributed by atoms with van der Waals surface area (Å²) in [5.41, 5.74) is 8.17. The van der Waals surface area contributed by atoms with Gasteiger partial charge >= 0.3 is 0 Å². The van der Waals surface area contributed by atoms with Crippen molar-refractivity contribution in [1.82, 2.24) is 4.98 Å². The van der Waals surface area contributed by atoms with Gasteiger partial charge in [0.1, 0.15) is 0 Å². The Bertz CT molecular complexity index is 474. The Labute approximate surface area is 101 Å². The van der Waals surface area contributed by atoms with Crippen LogP contribution in [0.2, 0.25) is 0 Å². The first-order chi connectivity index (χ1) is 7.65. The van der Waals surface area contributed by atoms with Crippen LogP contribution in [-0.2, 0) is 6.42 Å². The summed E-state index contributed by atoms with van der Waals surface area (Å²) in [4.78, 5) is 4.63. The van der Waals surface area contributed by atoms with Gasteiger partial charge in [-0.3, -0.25) is 0 Å². The number of thiazole rings is 1. The molecule has 1 atom stereocenters. The first-order valence-electron chi connectivity index (χ1n) is 5.77. The molecule has 0 aliphatic heterocycles. The zero-order chi connectivity index (χ0) is 11.5. The van der Waals surface area contributed by atoms with Crippen molar-refractivity contribution in [2.24, 2.45) is 5.73 Å². The van der Waals surface area contributed by atoms with Crippen molar-refractivity contribution in [3.8, 4) is 0 Å². The normalized spacial score (nSPS) is 13.2. The van der Waals surface area contributed by atoms with Crippen molar-refractivity contribution in [2.75, 3.05) is 0 Å². The lowest BCUT2D eigenvalue weighted by molar-refractivity contribution is 0.623. The Morgan fingerprint density at radius 1 is 1.44 bits per heavy atom. The second-order valence-corrected chi connectivity index (χ2v) is 5.56. The highest BCUT2D eigenvalue weighted by Crippen LogP contribution is 2.24. The van der Waals surface area contributed by atoms with Crippen LogP contribution in [-0.4, -0.2) is 11.0 Å². The predicted octanol–water partition coefficient (Wildman–Crippen LogP) is 3.27. The van der Waals surface area contributed by atoms with Crippen molar-refractivity contribution in [2.45, 2.75) is 39.2 Å². The first kappa shape index (κ1) is 11.6. The van der Waals surface area contributed by atoms with Crippen LogP contribution in [0.5, 0.6) is 0 Å². The van der Waals surface area contributed by atoms with Crippen molar-refractivity contribution in [3.63, 3.8) is 0 Å². The summed E-state index contributed by atoms with van der Waals surface area (Å²) in [5, 5.41) is 1.24. The van der Waals surface area contributed by atoms with Gasteiger partial charge in [-0.15, -0.1) is 11.3 Å². The number of benzene rings is 1. The number of aryl methyl sites for hydroxylation is 2. The molecule has 0 amide bonds. The topological polar surface area (TPSA) is 38.9 Å². The summed E-state index contributed by atoms with van der Waals surface area (Å²) >= 11 is 1.81. The average molecular weight is 234 g/mol. The van der Waals surface area contributed by atoms with E-state index < -0.39 is 0 Å². The van der Waals surface area contributed by atoms with Crippen molar-refractivity contribution in [1.29, 1.82) is 0 Å². The van der Waals surface area contributed by atoms with Crippen LogP contribution in [0.15, 0.2) is 18.2 Å². The van der Waals surface area contributed by atoms with E-state index in [1.54, 1.807) is 0 Å². The second kappa shape index (κ2) is 4.93. The Hall–Kier alpha value is -0.930. The highest BCUT2D eigenvalue weighted by Gasteiger charge is 2.04. The van der Waals surface area contributed by atoms with Gasteiger partial charge in [-0.25, -0.2) is 4.98 Å². The standard InChI is InChI=1S/C13H18N2S/c1-9-6-7-11-12(8-9)16-13(15-11)5-3-4-10(2)14/h6-8,10H,3-5,14H2,1-2H3. The maximum atomic E-state index is 5.73. The smallest absolute Gasteiger partial charge is 0.0938 e. The third-order valence-corrected chi connectivity index (χ3v) is 3.72. The van der Waals surface area contributed by atoms with Crippen LogP contribution in [0, 0.1) is 6.92 Å². The molecule has 1 heterocycles. The van der Waals surface area contributed by atoms with Gasteiger partial charge < -0.3 is 5.73 Å². The van der Waals surface area contributed by atoms with Gasteiger partial charge in [-0.2, -0.15) is 0 Å². The minimum absolute atomic E-state index is 0.302. The largest absolute Gasteiger partial charge is 0.328 e. The van der Waals surface area contributed by atoms with Gasteiger partial charge in [0.25, 0.3) is 0 Å². The van der Waals surface area contributed by atoms with E-state index in [0.717, 1.165) is 24.8 Å². The molecule has 0 fully saturated rings. The summed E-state index contributed by atoms with van der Waals surface area (Å²) in [5.74, 6) is 0. The highest BCUT2D eigenvalue weighted by molar-refractivity contribution is 7.18. The van der Waals surface area contributed by atoms with E-state index in [1.165, 1.54) is 15.3 Å². The monoisotopic (exact) mass is 234 g/mol. The summed E-state index contributed by atoms with van der Waals surface area (Å²) in [7, 11) is 0. The van der Waals surface area contributed by atoms with Crippen molar-refractivity contribution < 1.29 is 0 Å². The fraction of sp³-hybridized carbons (Fsp3) is 0.462. The molecule has 86 valence electrons. The number of nitrogens with two attached hydrogens (primary N) is 1. The van der Waals surface area contributed by atoms with Gasteiger partial charge in [0, 0.05) is 6.04 Å². The predicted molar refractivity (Wildman–Crippen MR) is 70.9 cm³/mol. The molecule has 1 aromatic heterocycles.